The fraction of sp³-hybridized carbons (Fsp3) is 0.353. The Morgan fingerprint density at radius 2 is 2.10 bits per heavy atom. The molecule has 1 heterocycles. The van der Waals surface area contributed by atoms with Gasteiger partial charge in [-0.15, -0.1) is 0 Å². The number of benzene rings is 1. The summed E-state index contributed by atoms with van der Waals surface area (Å²) >= 11 is 0. The standard InChI is InChI=1S/C17H20FN3/c1-2-3-4-8-17-16(20)10-15(11-19)21(17)12-13-6-5-7-14(18)9-13/h5-7,9-10H,2-4,8,12,20H2,1H3. The zero-order valence-electron chi connectivity index (χ0n) is 12.3. The quantitative estimate of drug-likeness (QED) is 0.819. The minimum atomic E-state index is -0.265. The van der Waals surface area contributed by atoms with Gasteiger partial charge in [-0.25, -0.2) is 4.39 Å². The molecule has 0 atom stereocenters. The second kappa shape index (κ2) is 6.94. The molecule has 0 fully saturated rings. The average Bonchev–Trinajstić information content (AvgIpc) is 2.76. The molecule has 0 spiro atoms. The third-order valence-electron chi connectivity index (χ3n) is 3.60. The Morgan fingerprint density at radius 3 is 2.76 bits per heavy atom. The highest BCUT2D eigenvalue weighted by molar-refractivity contribution is 5.51. The van der Waals surface area contributed by atoms with Crippen LogP contribution in [-0.2, 0) is 13.0 Å². The minimum Gasteiger partial charge on any atom is -0.397 e. The summed E-state index contributed by atoms with van der Waals surface area (Å²) in [4.78, 5) is 0. The van der Waals surface area contributed by atoms with E-state index in [1.54, 1.807) is 12.1 Å². The van der Waals surface area contributed by atoms with E-state index in [4.69, 9.17) is 5.73 Å². The van der Waals surface area contributed by atoms with Crippen LogP contribution in [0.1, 0.15) is 43.1 Å². The number of halogens is 1. The highest BCUT2D eigenvalue weighted by Crippen LogP contribution is 2.22. The molecule has 0 aliphatic heterocycles. The molecule has 0 amide bonds. The van der Waals surface area contributed by atoms with Crippen molar-refractivity contribution in [3.63, 3.8) is 0 Å². The van der Waals surface area contributed by atoms with E-state index < -0.39 is 0 Å². The fourth-order valence-electron chi connectivity index (χ4n) is 2.52. The zero-order valence-corrected chi connectivity index (χ0v) is 12.3. The molecule has 0 aliphatic rings. The number of anilines is 1. The van der Waals surface area contributed by atoms with Crippen LogP contribution < -0.4 is 5.73 Å². The summed E-state index contributed by atoms with van der Waals surface area (Å²) in [5.74, 6) is -0.265. The molecule has 0 saturated heterocycles. The first-order chi connectivity index (χ1) is 10.2. The van der Waals surface area contributed by atoms with Crippen LogP contribution in [0, 0.1) is 17.1 Å². The monoisotopic (exact) mass is 285 g/mol. The van der Waals surface area contributed by atoms with Gasteiger partial charge in [0.2, 0.25) is 0 Å². The van der Waals surface area contributed by atoms with Gasteiger partial charge in [0.25, 0.3) is 0 Å². The summed E-state index contributed by atoms with van der Waals surface area (Å²) in [6.45, 7) is 2.62. The van der Waals surface area contributed by atoms with E-state index in [2.05, 4.69) is 13.0 Å². The third kappa shape index (κ3) is 3.63. The van der Waals surface area contributed by atoms with Crippen molar-refractivity contribution < 1.29 is 4.39 Å². The first-order valence-corrected chi connectivity index (χ1v) is 7.28. The molecule has 2 N–H and O–H groups in total. The molecule has 21 heavy (non-hydrogen) atoms. The molecule has 0 radical (unpaired) electrons. The summed E-state index contributed by atoms with van der Waals surface area (Å²) in [7, 11) is 0. The lowest BCUT2D eigenvalue weighted by Gasteiger charge is -2.11. The van der Waals surface area contributed by atoms with E-state index in [9.17, 15) is 9.65 Å². The molecular formula is C17H20FN3. The summed E-state index contributed by atoms with van der Waals surface area (Å²) in [6.07, 6.45) is 4.15. The number of nitrogens with two attached hydrogens (primary N) is 1. The number of aromatic nitrogens is 1. The van der Waals surface area contributed by atoms with Crippen LogP contribution >= 0.6 is 0 Å². The van der Waals surface area contributed by atoms with Gasteiger partial charge in [-0.1, -0.05) is 31.9 Å². The minimum absolute atomic E-state index is 0.265. The van der Waals surface area contributed by atoms with Gasteiger partial charge in [0, 0.05) is 12.2 Å². The van der Waals surface area contributed by atoms with Crippen molar-refractivity contribution in [2.45, 2.75) is 39.2 Å². The summed E-state index contributed by atoms with van der Waals surface area (Å²) in [5, 5.41) is 9.26. The van der Waals surface area contributed by atoms with Gasteiger partial charge in [-0.2, -0.15) is 5.26 Å². The topological polar surface area (TPSA) is 54.7 Å². The van der Waals surface area contributed by atoms with Crippen molar-refractivity contribution in [3.8, 4) is 6.07 Å². The van der Waals surface area contributed by atoms with Gasteiger partial charge in [0.1, 0.15) is 17.6 Å². The number of unbranched alkanes of at least 4 members (excludes halogenated alkanes) is 2. The third-order valence-corrected chi connectivity index (χ3v) is 3.60. The maximum Gasteiger partial charge on any atom is 0.123 e. The lowest BCUT2D eigenvalue weighted by atomic mass is 10.1. The van der Waals surface area contributed by atoms with Crippen molar-refractivity contribution in [3.05, 3.63) is 53.1 Å². The first kappa shape index (κ1) is 15.1. The molecule has 0 aliphatic carbocycles. The number of hydrogen-bond acceptors (Lipinski definition) is 2. The lowest BCUT2D eigenvalue weighted by Crippen LogP contribution is -2.08. The van der Waals surface area contributed by atoms with Gasteiger partial charge < -0.3 is 10.3 Å². The maximum atomic E-state index is 13.3. The van der Waals surface area contributed by atoms with Crippen LogP contribution in [0.2, 0.25) is 0 Å². The van der Waals surface area contributed by atoms with Crippen LogP contribution in [0.25, 0.3) is 0 Å². The number of rotatable bonds is 6. The van der Waals surface area contributed by atoms with Gasteiger partial charge in [0.05, 0.1) is 5.69 Å². The second-order valence-electron chi connectivity index (χ2n) is 5.22. The Bertz CT molecular complexity index is 653. The predicted octanol–water partition coefficient (Wildman–Crippen LogP) is 3.86. The SMILES string of the molecule is CCCCCc1c(N)cc(C#N)n1Cc1cccc(F)c1. The van der Waals surface area contributed by atoms with E-state index in [0.29, 0.717) is 17.9 Å². The molecule has 2 rings (SSSR count). The second-order valence-corrected chi connectivity index (χ2v) is 5.22. The normalized spacial score (nSPS) is 10.5. The summed E-state index contributed by atoms with van der Waals surface area (Å²) < 4.78 is 15.2. The predicted molar refractivity (Wildman–Crippen MR) is 82.3 cm³/mol. The molecule has 0 saturated carbocycles. The van der Waals surface area contributed by atoms with Crippen LogP contribution in [0.4, 0.5) is 10.1 Å². The number of nitrogen functional groups attached to an aromatic ring is 1. The Balaban J connectivity index is 2.30. The first-order valence-electron chi connectivity index (χ1n) is 7.28. The van der Waals surface area contributed by atoms with Crippen molar-refractivity contribution >= 4 is 5.69 Å². The van der Waals surface area contributed by atoms with E-state index in [-0.39, 0.29) is 5.82 Å². The molecule has 0 bridgehead atoms. The highest BCUT2D eigenvalue weighted by atomic mass is 19.1. The van der Waals surface area contributed by atoms with Crippen molar-refractivity contribution in [2.75, 3.05) is 5.73 Å². The Labute approximate surface area is 124 Å². The van der Waals surface area contributed by atoms with Crippen molar-refractivity contribution in [1.29, 1.82) is 5.26 Å². The van der Waals surface area contributed by atoms with E-state index in [1.807, 2.05) is 10.6 Å². The highest BCUT2D eigenvalue weighted by Gasteiger charge is 2.13. The molecule has 1 aromatic heterocycles. The largest absolute Gasteiger partial charge is 0.397 e. The van der Waals surface area contributed by atoms with Gasteiger partial charge in [0.15, 0.2) is 0 Å². The van der Waals surface area contributed by atoms with Crippen molar-refractivity contribution in [2.24, 2.45) is 0 Å². The lowest BCUT2D eigenvalue weighted by molar-refractivity contribution is 0.620. The van der Waals surface area contributed by atoms with E-state index >= 15 is 0 Å². The summed E-state index contributed by atoms with van der Waals surface area (Å²) in [6, 6.07) is 10.3. The van der Waals surface area contributed by atoms with Crippen LogP contribution in [0.3, 0.4) is 0 Å². The Morgan fingerprint density at radius 1 is 1.29 bits per heavy atom. The van der Waals surface area contributed by atoms with Gasteiger partial charge in [-0.3, -0.25) is 0 Å². The molecule has 3 nitrogen and oxygen atoms in total. The smallest absolute Gasteiger partial charge is 0.123 e. The van der Waals surface area contributed by atoms with Crippen LogP contribution in [0.15, 0.2) is 30.3 Å². The van der Waals surface area contributed by atoms with Crippen LogP contribution in [0.5, 0.6) is 0 Å². The van der Waals surface area contributed by atoms with Crippen molar-refractivity contribution in [1.82, 2.24) is 4.57 Å². The molecular weight excluding hydrogens is 265 g/mol. The number of nitriles is 1. The Kier molecular flexibility index (Phi) is 4.99. The van der Waals surface area contributed by atoms with E-state index in [1.165, 1.54) is 12.1 Å². The molecule has 110 valence electrons. The van der Waals surface area contributed by atoms with Gasteiger partial charge in [-0.05, 0) is 36.6 Å². The average molecular weight is 285 g/mol. The van der Waals surface area contributed by atoms with Crippen LogP contribution in [-0.4, -0.2) is 4.57 Å². The zero-order chi connectivity index (χ0) is 15.2. The molecule has 2 aromatic rings. The van der Waals surface area contributed by atoms with E-state index in [0.717, 1.165) is 36.9 Å². The maximum absolute atomic E-state index is 13.3. The molecule has 4 heteroatoms. The van der Waals surface area contributed by atoms with Gasteiger partial charge >= 0.3 is 0 Å². The fourth-order valence-corrected chi connectivity index (χ4v) is 2.52. The molecule has 0 unspecified atom stereocenters. The molecule has 1 aromatic carbocycles. The summed E-state index contributed by atoms with van der Waals surface area (Å²) in [5.41, 5.74) is 9.03. The number of hydrogen-bond donors (Lipinski definition) is 1. The number of nitrogens with zero attached hydrogens (tertiary/aromatic N) is 2. The Hall–Kier alpha value is -2.28.